The first-order valence-corrected chi connectivity index (χ1v) is 17.1. The van der Waals surface area contributed by atoms with Gasteiger partial charge in [-0.3, -0.25) is 14.5 Å². The normalized spacial score (nSPS) is 15.9. The third kappa shape index (κ3) is 7.69. The van der Waals surface area contributed by atoms with Gasteiger partial charge in [-0.05, 0) is 66.4 Å². The molecule has 0 saturated carbocycles. The number of anilines is 1. The average molecular weight is 664 g/mol. The van der Waals surface area contributed by atoms with Crippen molar-refractivity contribution >= 4 is 57.3 Å². The van der Waals surface area contributed by atoms with Crippen molar-refractivity contribution in [3.63, 3.8) is 0 Å². The maximum absolute atomic E-state index is 13.6. The van der Waals surface area contributed by atoms with E-state index in [4.69, 9.17) is 21.1 Å². The third-order valence-corrected chi connectivity index (χ3v) is 9.69. The number of ketones is 1. The van der Waals surface area contributed by atoms with Gasteiger partial charge in [-0.1, -0.05) is 91.7 Å². The van der Waals surface area contributed by atoms with E-state index in [9.17, 15) is 14.7 Å². The van der Waals surface area contributed by atoms with Crippen LogP contribution in [0.3, 0.4) is 0 Å². The van der Waals surface area contributed by atoms with Crippen molar-refractivity contribution in [3.05, 3.63) is 100 Å². The SMILES string of the molecule is CCCCOc1ccc(/C(O)=C2\C(=O)C(=O)N(c3nnc(SCc4ccccc4Cl)s3)C2c2ccc(OCCCC)cc2)cc1. The molecule has 234 valence electrons. The fourth-order valence-electron chi connectivity index (χ4n) is 4.74. The Morgan fingerprint density at radius 1 is 0.911 bits per heavy atom. The van der Waals surface area contributed by atoms with Crippen molar-refractivity contribution < 1.29 is 24.2 Å². The molecule has 1 unspecified atom stereocenters. The molecule has 8 nitrogen and oxygen atoms in total. The Balaban J connectivity index is 1.48. The monoisotopic (exact) mass is 663 g/mol. The third-order valence-electron chi connectivity index (χ3n) is 7.21. The van der Waals surface area contributed by atoms with Crippen LogP contribution in [0.25, 0.3) is 5.76 Å². The summed E-state index contributed by atoms with van der Waals surface area (Å²) in [6.07, 6.45) is 3.89. The van der Waals surface area contributed by atoms with E-state index in [1.165, 1.54) is 28.0 Å². The highest BCUT2D eigenvalue weighted by Crippen LogP contribution is 2.44. The van der Waals surface area contributed by atoms with Crippen LogP contribution in [0.2, 0.25) is 5.02 Å². The van der Waals surface area contributed by atoms with Gasteiger partial charge < -0.3 is 14.6 Å². The Bertz CT molecular complexity index is 1660. The standard InChI is InChI=1S/C34H34ClN3O5S2/c1-3-5-19-42-25-15-11-22(12-16-25)29-28(30(39)23-13-17-26(18-14-23)43-20-6-4-2)31(40)32(41)38(29)33-36-37-34(45-33)44-21-24-9-7-8-10-27(24)35/h7-18,29,39H,3-6,19-21H2,1-2H3/b30-28+. The van der Waals surface area contributed by atoms with Crippen LogP contribution >= 0.6 is 34.7 Å². The van der Waals surface area contributed by atoms with E-state index in [0.717, 1.165) is 31.2 Å². The van der Waals surface area contributed by atoms with E-state index in [-0.39, 0.29) is 16.5 Å². The number of carbonyl (C=O) groups excluding carboxylic acids is 2. The summed E-state index contributed by atoms with van der Waals surface area (Å²) in [5.41, 5.74) is 1.94. The first-order chi connectivity index (χ1) is 21.9. The molecule has 1 fully saturated rings. The van der Waals surface area contributed by atoms with Crippen molar-refractivity contribution in [2.45, 2.75) is 55.7 Å². The maximum Gasteiger partial charge on any atom is 0.301 e. The van der Waals surface area contributed by atoms with E-state index >= 15 is 0 Å². The summed E-state index contributed by atoms with van der Waals surface area (Å²) in [7, 11) is 0. The van der Waals surface area contributed by atoms with E-state index in [2.05, 4.69) is 24.0 Å². The zero-order chi connectivity index (χ0) is 31.8. The lowest BCUT2D eigenvalue weighted by molar-refractivity contribution is -0.132. The number of halogens is 1. The number of rotatable bonds is 14. The number of aliphatic hydroxyl groups is 1. The molecule has 0 aliphatic carbocycles. The molecule has 0 bridgehead atoms. The fourth-order valence-corrected chi connectivity index (χ4v) is 6.89. The molecule has 1 aliphatic heterocycles. The minimum Gasteiger partial charge on any atom is -0.507 e. The topological polar surface area (TPSA) is 102 Å². The molecule has 4 aromatic rings. The number of ether oxygens (including phenoxy) is 2. The Morgan fingerprint density at radius 2 is 1.53 bits per heavy atom. The van der Waals surface area contributed by atoms with Gasteiger partial charge in [0.05, 0.1) is 24.8 Å². The number of aromatic nitrogens is 2. The van der Waals surface area contributed by atoms with Gasteiger partial charge in [0.25, 0.3) is 5.78 Å². The summed E-state index contributed by atoms with van der Waals surface area (Å²) in [5, 5.41) is 21.0. The van der Waals surface area contributed by atoms with Gasteiger partial charge in [-0.2, -0.15) is 0 Å². The molecule has 1 aromatic heterocycles. The van der Waals surface area contributed by atoms with Crippen LogP contribution in [0.4, 0.5) is 5.13 Å². The second kappa shape index (κ2) is 15.4. The zero-order valence-corrected chi connectivity index (χ0v) is 27.5. The molecule has 2 heterocycles. The lowest BCUT2D eigenvalue weighted by Gasteiger charge is -2.22. The van der Waals surface area contributed by atoms with Crippen LogP contribution in [-0.2, 0) is 15.3 Å². The predicted molar refractivity (Wildman–Crippen MR) is 179 cm³/mol. The van der Waals surface area contributed by atoms with Crippen LogP contribution in [0.1, 0.15) is 62.3 Å². The molecule has 5 rings (SSSR count). The van der Waals surface area contributed by atoms with Crippen molar-refractivity contribution in [1.82, 2.24) is 10.2 Å². The summed E-state index contributed by atoms with van der Waals surface area (Å²) >= 11 is 8.96. The molecular weight excluding hydrogens is 630 g/mol. The molecule has 3 aromatic carbocycles. The highest BCUT2D eigenvalue weighted by molar-refractivity contribution is 8.00. The van der Waals surface area contributed by atoms with Crippen molar-refractivity contribution in [2.24, 2.45) is 0 Å². The van der Waals surface area contributed by atoms with Gasteiger partial charge in [0.1, 0.15) is 17.3 Å². The molecule has 0 spiro atoms. The van der Waals surface area contributed by atoms with Gasteiger partial charge in [0.15, 0.2) is 4.34 Å². The number of thioether (sulfide) groups is 1. The van der Waals surface area contributed by atoms with Crippen LogP contribution in [0.5, 0.6) is 11.5 Å². The van der Waals surface area contributed by atoms with E-state index in [1.807, 2.05) is 24.3 Å². The van der Waals surface area contributed by atoms with Crippen molar-refractivity contribution in [1.29, 1.82) is 0 Å². The zero-order valence-electron chi connectivity index (χ0n) is 25.1. The first-order valence-electron chi connectivity index (χ1n) is 14.9. The largest absolute Gasteiger partial charge is 0.507 e. The molecule has 1 N–H and O–H groups in total. The molecule has 1 saturated heterocycles. The summed E-state index contributed by atoms with van der Waals surface area (Å²) in [4.78, 5) is 28.5. The number of carbonyl (C=O) groups is 2. The van der Waals surface area contributed by atoms with Gasteiger partial charge in [-0.15, -0.1) is 10.2 Å². The Hall–Kier alpha value is -3.86. The maximum atomic E-state index is 13.6. The van der Waals surface area contributed by atoms with Crippen molar-refractivity contribution in [3.8, 4) is 11.5 Å². The van der Waals surface area contributed by atoms with E-state index < -0.39 is 17.7 Å². The number of benzene rings is 3. The number of aliphatic hydroxyl groups excluding tert-OH is 1. The fraction of sp³-hybridized carbons (Fsp3) is 0.294. The molecule has 1 amide bonds. The summed E-state index contributed by atoms with van der Waals surface area (Å²) in [5.74, 6) is 0.0341. The quantitative estimate of drug-likeness (QED) is 0.0358. The summed E-state index contributed by atoms with van der Waals surface area (Å²) < 4.78 is 12.2. The molecule has 1 aliphatic rings. The lowest BCUT2D eigenvalue weighted by Crippen LogP contribution is -2.29. The first kappa shape index (κ1) is 32.5. The lowest BCUT2D eigenvalue weighted by atomic mass is 9.95. The second-order valence-corrected chi connectivity index (χ2v) is 13.0. The van der Waals surface area contributed by atoms with Crippen LogP contribution in [-0.4, -0.2) is 40.2 Å². The Kier molecular flexibility index (Phi) is 11.2. The van der Waals surface area contributed by atoms with Crippen LogP contribution < -0.4 is 14.4 Å². The average Bonchev–Trinajstić information content (AvgIpc) is 3.63. The minimum absolute atomic E-state index is 0.0280. The van der Waals surface area contributed by atoms with E-state index in [1.54, 1.807) is 48.5 Å². The molecule has 1 atom stereocenters. The number of unbranched alkanes of at least 4 members (excludes halogenated alkanes) is 2. The summed E-state index contributed by atoms with van der Waals surface area (Å²) in [6.45, 7) is 5.36. The van der Waals surface area contributed by atoms with Gasteiger partial charge in [-0.25, -0.2) is 0 Å². The Morgan fingerprint density at radius 3 is 2.16 bits per heavy atom. The number of hydrogen-bond donors (Lipinski definition) is 1. The van der Waals surface area contributed by atoms with Crippen molar-refractivity contribution in [2.75, 3.05) is 18.1 Å². The van der Waals surface area contributed by atoms with Gasteiger partial charge in [0, 0.05) is 16.3 Å². The van der Waals surface area contributed by atoms with E-state index in [0.29, 0.717) is 51.0 Å². The number of nitrogens with zero attached hydrogens (tertiary/aromatic N) is 3. The second-order valence-electron chi connectivity index (χ2n) is 10.4. The minimum atomic E-state index is -0.926. The summed E-state index contributed by atoms with van der Waals surface area (Å²) in [6, 6.07) is 20.7. The van der Waals surface area contributed by atoms with Crippen LogP contribution in [0.15, 0.2) is 82.7 Å². The number of amides is 1. The highest BCUT2D eigenvalue weighted by Gasteiger charge is 2.48. The number of Topliss-reactive ketones (excluding diaryl/α,β-unsaturated/α-hetero) is 1. The highest BCUT2D eigenvalue weighted by atomic mass is 35.5. The molecular formula is C34H34ClN3O5S2. The smallest absolute Gasteiger partial charge is 0.301 e. The van der Waals surface area contributed by atoms with Gasteiger partial charge >= 0.3 is 5.91 Å². The predicted octanol–water partition coefficient (Wildman–Crippen LogP) is 8.47. The number of hydrogen-bond acceptors (Lipinski definition) is 9. The Labute approximate surface area is 276 Å². The molecule has 11 heteroatoms. The molecule has 45 heavy (non-hydrogen) atoms. The van der Waals surface area contributed by atoms with Gasteiger partial charge in [0.2, 0.25) is 5.13 Å². The molecule has 0 radical (unpaired) electrons. The van der Waals surface area contributed by atoms with Crippen LogP contribution in [0, 0.1) is 0 Å².